The maximum atomic E-state index is 5.27. The summed E-state index contributed by atoms with van der Waals surface area (Å²) in [6.45, 7) is 2.77. The molecule has 0 saturated heterocycles. The van der Waals surface area contributed by atoms with Crippen molar-refractivity contribution in [2.75, 3.05) is 30.9 Å². The average Bonchev–Trinajstić information content (AvgIpc) is 2.68. The maximum absolute atomic E-state index is 5.27. The number of methoxy groups -OCH3 is 1. The molecule has 1 N–H and O–H groups in total. The van der Waals surface area contributed by atoms with Crippen molar-refractivity contribution in [3.8, 4) is 5.75 Å². The Morgan fingerprint density at radius 1 is 1.00 bits per heavy atom. The number of ether oxygens (including phenoxy) is 1. The van der Waals surface area contributed by atoms with E-state index in [-0.39, 0.29) is 0 Å². The minimum atomic E-state index is 0.681. The average molecular weight is 348 g/mol. The van der Waals surface area contributed by atoms with Crippen LogP contribution in [0.5, 0.6) is 5.75 Å². The molecule has 0 fully saturated rings. The van der Waals surface area contributed by atoms with Crippen LogP contribution in [0.2, 0.25) is 0 Å². The molecule has 0 radical (unpaired) electrons. The first-order chi connectivity index (χ1) is 12.7. The first-order valence-electron chi connectivity index (χ1n) is 8.67. The summed E-state index contributed by atoms with van der Waals surface area (Å²) in [5.74, 6) is 2.39. The van der Waals surface area contributed by atoms with Gasteiger partial charge in [0.1, 0.15) is 11.6 Å². The summed E-state index contributed by atoms with van der Waals surface area (Å²) in [6.07, 6.45) is 0.893. The first kappa shape index (κ1) is 17.7. The predicted octanol–water partition coefficient (Wildman–Crippen LogP) is 4.22. The zero-order chi connectivity index (χ0) is 18.4. The van der Waals surface area contributed by atoms with Crippen molar-refractivity contribution in [2.24, 2.45) is 0 Å². The molecule has 5 heteroatoms. The van der Waals surface area contributed by atoms with Gasteiger partial charge in [0.25, 0.3) is 0 Å². The van der Waals surface area contributed by atoms with Crippen LogP contribution in [0.1, 0.15) is 11.3 Å². The highest BCUT2D eigenvalue weighted by Crippen LogP contribution is 2.21. The molecule has 0 aliphatic rings. The first-order valence-corrected chi connectivity index (χ1v) is 8.67. The van der Waals surface area contributed by atoms with E-state index in [0.717, 1.165) is 35.9 Å². The van der Waals surface area contributed by atoms with E-state index in [1.807, 2.05) is 67.4 Å². The fourth-order valence-electron chi connectivity index (χ4n) is 2.72. The Morgan fingerprint density at radius 3 is 2.58 bits per heavy atom. The van der Waals surface area contributed by atoms with Gasteiger partial charge in [-0.3, -0.25) is 0 Å². The number of hydrogen-bond donors (Lipinski definition) is 1. The number of aromatic nitrogens is 2. The summed E-state index contributed by atoms with van der Waals surface area (Å²) < 4.78 is 5.27. The second-order valence-corrected chi connectivity index (χ2v) is 6.12. The molecule has 0 atom stereocenters. The van der Waals surface area contributed by atoms with Crippen LogP contribution in [-0.2, 0) is 6.42 Å². The third-order valence-electron chi connectivity index (χ3n) is 4.14. The minimum absolute atomic E-state index is 0.681. The molecule has 0 saturated carbocycles. The zero-order valence-corrected chi connectivity index (χ0v) is 15.4. The fraction of sp³-hybridized carbons (Fsp3) is 0.238. The minimum Gasteiger partial charge on any atom is -0.497 e. The van der Waals surface area contributed by atoms with Gasteiger partial charge in [-0.25, -0.2) is 4.98 Å². The molecule has 5 nitrogen and oxygen atoms in total. The van der Waals surface area contributed by atoms with Crippen LogP contribution < -0.4 is 15.0 Å². The third-order valence-corrected chi connectivity index (χ3v) is 4.14. The maximum Gasteiger partial charge on any atom is 0.231 e. The van der Waals surface area contributed by atoms with Gasteiger partial charge in [-0.15, -0.1) is 0 Å². The zero-order valence-electron chi connectivity index (χ0n) is 15.4. The Morgan fingerprint density at radius 2 is 1.81 bits per heavy atom. The Balaban J connectivity index is 1.67. The van der Waals surface area contributed by atoms with Crippen molar-refractivity contribution in [3.63, 3.8) is 0 Å². The number of hydrogen-bond acceptors (Lipinski definition) is 5. The number of aryl methyl sites for hydroxylation is 1. The third kappa shape index (κ3) is 4.51. The van der Waals surface area contributed by atoms with Gasteiger partial charge < -0.3 is 15.0 Å². The van der Waals surface area contributed by atoms with Gasteiger partial charge in [0.2, 0.25) is 5.95 Å². The van der Waals surface area contributed by atoms with Gasteiger partial charge in [0.05, 0.1) is 7.11 Å². The van der Waals surface area contributed by atoms with E-state index in [1.54, 1.807) is 7.11 Å². The summed E-state index contributed by atoms with van der Waals surface area (Å²) in [6, 6.07) is 20.2. The van der Waals surface area contributed by atoms with Crippen LogP contribution in [0.4, 0.5) is 17.5 Å². The van der Waals surface area contributed by atoms with Crippen LogP contribution in [-0.4, -0.2) is 30.7 Å². The van der Waals surface area contributed by atoms with Crippen molar-refractivity contribution in [1.29, 1.82) is 0 Å². The highest BCUT2D eigenvalue weighted by atomic mass is 16.5. The van der Waals surface area contributed by atoms with Gasteiger partial charge in [0.15, 0.2) is 0 Å². The van der Waals surface area contributed by atoms with Gasteiger partial charge in [-0.1, -0.05) is 30.3 Å². The highest BCUT2D eigenvalue weighted by molar-refractivity contribution is 5.57. The SMILES string of the molecule is COc1cccc(CCNc2cc(C)nc(N(C)c3ccccc3)n2)c1. The molecule has 0 amide bonds. The molecule has 0 aliphatic carbocycles. The lowest BCUT2D eigenvalue weighted by atomic mass is 10.1. The van der Waals surface area contributed by atoms with Crippen LogP contribution in [0.3, 0.4) is 0 Å². The number of nitrogens with zero attached hydrogens (tertiary/aromatic N) is 3. The van der Waals surface area contributed by atoms with Crippen molar-refractivity contribution in [2.45, 2.75) is 13.3 Å². The summed E-state index contributed by atoms with van der Waals surface area (Å²) in [7, 11) is 3.66. The fourth-order valence-corrected chi connectivity index (χ4v) is 2.72. The molecule has 3 rings (SSSR count). The normalized spacial score (nSPS) is 10.4. The Labute approximate surface area is 154 Å². The number of nitrogens with one attached hydrogen (secondary N) is 1. The molecule has 3 aromatic rings. The lowest BCUT2D eigenvalue weighted by Gasteiger charge is -2.18. The van der Waals surface area contributed by atoms with Crippen molar-refractivity contribution in [3.05, 3.63) is 71.9 Å². The van der Waals surface area contributed by atoms with Gasteiger partial charge in [0, 0.05) is 31.0 Å². The number of para-hydroxylation sites is 1. The lowest BCUT2D eigenvalue weighted by molar-refractivity contribution is 0.414. The summed E-state index contributed by atoms with van der Waals surface area (Å²) >= 11 is 0. The molecule has 26 heavy (non-hydrogen) atoms. The number of rotatable bonds is 7. The molecule has 0 spiro atoms. The molecule has 0 aliphatic heterocycles. The van der Waals surface area contributed by atoms with Crippen molar-refractivity contribution < 1.29 is 4.74 Å². The van der Waals surface area contributed by atoms with Crippen LogP contribution in [0.15, 0.2) is 60.7 Å². The van der Waals surface area contributed by atoms with Gasteiger partial charge in [-0.05, 0) is 43.2 Å². The molecular weight excluding hydrogens is 324 g/mol. The van der Waals surface area contributed by atoms with Crippen LogP contribution in [0, 0.1) is 6.92 Å². The van der Waals surface area contributed by atoms with E-state index in [1.165, 1.54) is 5.56 Å². The number of anilines is 3. The highest BCUT2D eigenvalue weighted by Gasteiger charge is 2.09. The Bertz CT molecular complexity index is 852. The molecule has 0 unspecified atom stereocenters. The van der Waals surface area contributed by atoms with E-state index in [4.69, 9.17) is 4.74 Å². The van der Waals surface area contributed by atoms with E-state index >= 15 is 0 Å². The quantitative estimate of drug-likeness (QED) is 0.693. The molecule has 1 aromatic heterocycles. The van der Waals surface area contributed by atoms with Gasteiger partial charge >= 0.3 is 0 Å². The van der Waals surface area contributed by atoms with E-state index in [9.17, 15) is 0 Å². The summed E-state index contributed by atoms with van der Waals surface area (Å²) in [5, 5.41) is 3.40. The topological polar surface area (TPSA) is 50.3 Å². The molecule has 134 valence electrons. The molecule has 0 bridgehead atoms. The number of benzene rings is 2. The smallest absolute Gasteiger partial charge is 0.231 e. The van der Waals surface area contributed by atoms with E-state index in [0.29, 0.717) is 5.95 Å². The Hall–Kier alpha value is -3.08. The molecular formula is C21H24N4O. The summed E-state index contributed by atoms with van der Waals surface area (Å²) in [4.78, 5) is 11.2. The van der Waals surface area contributed by atoms with Crippen molar-refractivity contribution >= 4 is 17.5 Å². The predicted molar refractivity (Wildman–Crippen MR) is 106 cm³/mol. The summed E-state index contributed by atoms with van der Waals surface area (Å²) in [5.41, 5.74) is 3.21. The molecule has 2 aromatic carbocycles. The second-order valence-electron chi connectivity index (χ2n) is 6.12. The van der Waals surface area contributed by atoms with Crippen LogP contribution in [0.25, 0.3) is 0 Å². The lowest BCUT2D eigenvalue weighted by Crippen LogP contribution is -2.15. The van der Waals surface area contributed by atoms with E-state index in [2.05, 4.69) is 27.4 Å². The Kier molecular flexibility index (Phi) is 5.69. The van der Waals surface area contributed by atoms with Crippen LogP contribution >= 0.6 is 0 Å². The van der Waals surface area contributed by atoms with E-state index < -0.39 is 0 Å². The standard InChI is InChI=1S/C21H24N4O/c1-16-14-20(22-13-12-17-8-7-11-19(15-17)26-3)24-21(23-16)25(2)18-9-5-4-6-10-18/h4-11,14-15H,12-13H2,1-3H3,(H,22,23,24). The van der Waals surface area contributed by atoms with Crippen molar-refractivity contribution in [1.82, 2.24) is 9.97 Å². The van der Waals surface area contributed by atoms with Gasteiger partial charge in [-0.2, -0.15) is 4.98 Å². The monoisotopic (exact) mass is 348 g/mol. The largest absolute Gasteiger partial charge is 0.497 e. The second kappa shape index (κ2) is 8.34. The molecule has 1 heterocycles.